The predicted molar refractivity (Wildman–Crippen MR) is 97.6 cm³/mol. The van der Waals surface area contributed by atoms with Gasteiger partial charge in [-0.3, -0.25) is 4.79 Å². The molecule has 3 aromatic rings. The molecule has 0 atom stereocenters. The van der Waals surface area contributed by atoms with Crippen LogP contribution in [0.15, 0.2) is 66.7 Å². The molecule has 0 spiro atoms. The van der Waals surface area contributed by atoms with Gasteiger partial charge < -0.3 is 10.1 Å². The molecule has 136 valence electrons. The average molecular weight is 365 g/mol. The van der Waals surface area contributed by atoms with Crippen LogP contribution in [-0.4, -0.2) is 5.91 Å². The number of para-hydroxylation sites is 2. The molecule has 1 aliphatic rings. The van der Waals surface area contributed by atoms with Gasteiger partial charge in [-0.2, -0.15) is 0 Å². The first kappa shape index (κ1) is 17.2. The van der Waals surface area contributed by atoms with Crippen LogP contribution < -0.4 is 10.1 Å². The second kappa shape index (κ2) is 7.19. The number of amides is 1. The zero-order valence-corrected chi connectivity index (χ0v) is 14.4. The fourth-order valence-corrected chi connectivity index (χ4v) is 3.28. The van der Waals surface area contributed by atoms with Crippen molar-refractivity contribution in [2.24, 2.45) is 0 Å². The number of aryl methyl sites for hydroxylation is 1. The Kier molecular flexibility index (Phi) is 4.59. The largest absolute Gasteiger partial charge is 0.457 e. The Morgan fingerprint density at radius 3 is 2.22 bits per heavy atom. The van der Waals surface area contributed by atoms with E-state index in [1.807, 2.05) is 48.5 Å². The van der Waals surface area contributed by atoms with Crippen LogP contribution in [0.1, 0.15) is 29.2 Å². The lowest BCUT2D eigenvalue weighted by Crippen LogP contribution is -2.31. The van der Waals surface area contributed by atoms with E-state index in [0.29, 0.717) is 11.5 Å². The quantitative estimate of drug-likeness (QED) is 0.713. The third-order valence-corrected chi connectivity index (χ3v) is 4.61. The third kappa shape index (κ3) is 3.53. The lowest BCUT2D eigenvalue weighted by molar-refractivity contribution is -0.121. The van der Waals surface area contributed by atoms with Crippen LogP contribution in [0.2, 0.25) is 0 Å². The Bertz CT molecular complexity index is 958. The zero-order chi connectivity index (χ0) is 18.8. The summed E-state index contributed by atoms with van der Waals surface area (Å²) >= 11 is 0. The van der Waals surface area contributed by atoms with Gasteiger partial charge >= 0.3 is 0 Å². The maximum atomic E-state index is 13.8. The van der Waals surface area contributed by atoms with Crippen LogP contribution in [0, 0.1) is 11.6 Å². The standard InChI is InChI=1S/C22H17F2NO2/c23-15-10-11-18(24)14(13-15)9-12-21(26)25-22-16-5-1-3-7-19(16)27-20-8-4-2-6-17(20)22/h1-8,10-11,13,22H,9,12H2,(H,25,26). The Hall–Kier alpha value is -3.21. The maximum absolute atomic E-state index is 13.8. The lowest BCUT2D eigenvalue weighted by atomic mass is 9.94. The highest BCUT2D eigenvalue weighted by Gasteiger charge is 2.27. The van der Waals surface area contributed by atoms with Crippen LogP contribution >= 0.6 is 0 Å². The highest BCUT2D eigenvalue weighted by Crippen LogP contribution is 2.42. The summed E-state index contributed by atoms with van der Waals surface area (Å²) in [5.74, 6) is 0.121. The van der Waals surface area contributed by atoms with E-state index in [4.69, 9.17) is 4.74 Å². The van der Waals surface area contributed by atoms with Crippen molar-refractivity contribution >= 4 is 5.91 Å². The van der Waals surface area contributed by atoms with E-state index in [0.717, 1.165) is 29.3 Å². The molecule has 4 rings (SSSR count). The number of hydrogen-bond donors (Lipinski definition) is 1. The second-order valence-corrected chi connectivity index (χ2v) is 6.41. The number of halogens is 2. The van der Waals surface area contributed by atoms with Gasteiger partial charge in [0.1, 0.15) is 23.1 Å². The summed E-state index contributed by atoms with van der Waals surface area (Å²) < 4.78 is 33.0. The third-order valence-electron chi connectivity index (χ3n) is 4.61. The Balaban J connectivity index is 1.54. The Morgan fingerprint density at radius 2 is 1.56 bits per heavy atom. The molecule has 1 N–H and O–H groups in total. The molecule has 0 aromatic heterocycles. The minimum atomic E-state index is -0.515. The van der Waals surface area contributed by atoms with Gasteiger partial charge in [0.05, 0.1) is 6.04 Å². The normalized spacial score (nSPS) is 12.7. The maximum Gasteiger partial charge on any atom is 0.221 e. The summed E-state index contributed by atoms with van der Waals surface area (Å²) in [6.45, 7) is 0. The molecule has 27 heavy (non-hydrogen) atoms. The molecular weight excluding hydrogens is 348 g/mol. The molecule has 0 radical (unpaired) electrons. The molecule has 1 amide bonds. The van der Waals surface area contributed by atoms with Gasteiger partial charge in [0.15, 0.2) is 0 Å². The van der Waals surface area contributed by atoms with Crippen LogP contribution in [0.3, 0.4) is 0 Å². The van der Waals surface area contributed by atoms with E-state index >= 15 is 0 Å². The van der Waals surface area contributed by atoms with Gasteiger partial charge in [-0.15, -0.1) is 0 Å². The number of carbonyl (C=O) groups is 1. The van der Waals surface area contributed by atoms with Crippen LogP contribution in [0.25, 0.3) is 0 Å². The van der Waals surface area contributed by atoms with E-state index in [-0.39, 0.29) is 30.4 Å². The molecule has 0 saturated heterocycles. The van der Waals surface area contributed by atoms with Crippen molar-refractivity contribution in [3.63, 3.8) is 0 Å². The Morgan fingerprint density at radius 1 is 0.926 bits per heavy atom. The number of carbonyl (C=O) groups excluding carboxylic acids is 1. The summed E-state index contributed by atoms with van der Waals surface area (Å²) in [5.41, 5.74) is 1.92. The van der Waals surface area contributed by atoms with Crippen molar-refractivity contribution in [3.05, 3.63) is 95.1 Å². The van der Waals surface area contributed by atoms with Gasteiger partial charge in [0.2, 0.25) is 5.91 Å². The first-order valence-corrected chi connectivity index (χ1v) is 8.71. The number of rotatable bonds is 4. The van der Waals surface area contributed by atoms with E-state index in [1.165, 1.54) is 0 Å². The summed E-state index contributed by atoms with van der Waals surface area (Å²) in [7, 11) is 0. The number of ether oxygens (including phenoxy) is 1. The lowest BCUT2D eigenvalue weighted by Gasteiger charge is -2.28. The van der Waals surface area contributed by atoms with Gasteiger partial charge in [-0.05, 0) is 42.3 Å². The first-order valence-electron chi connectivity index (χ1n) is 8.71. The summed E-state index contributed by atoms with van der Waals surface area (Å²) in [4.78, 5) is 12.5. The van der Waals surface area contributed by atoms with Gasteiger partial charge in [0, 0.05) is 17.5 Å². The second-order valence-electron chi connectivity index (χ2n) is 6.41. The van der Waals surface area contributed by atoms with Crippen molar-refractivity contribution in [3.8, 4) is 11.5 Å². The van der Waals surface area contributed by atoms with E-state index < -0.39 is 11.6 Å². The van der Waals surface area contributed by atoms with Crippen molar-refractivity contribution < 1.29 is 18.3 Å². The van der Waals surface area contributed by atoms with Crippen molar-refractivity contribution in [2.45, 2.75) is 18.9 Å². The molecule has 0 unspecified atom stereocenters. The molecule has 3 nitrogen and oxygen atoms in total. The molecule has 0 aliphatic carbocycles. The fourth-order valence-electron chi connectivity index (χ4n) is 3.28. The minimum absolute atomic E-state index is 0.0576. The summed E-state index contributed by atoms with van der Waals surface area (Å²) in [6.07, 6.45) is 0.185. The number of fused-ring (bicyclic) bond motifs is 2. The SMILES string of the molecule is O=C(CCc1cc(F)ccc1F)NC1c2ccccc2Oc2ccccc21. The van der Waals surface area contributed by atoms with Gasteiger partial charge in [0.25, 0.3) is 0 Å². The van der Waals surface area contributed by atoms with Crippen molar-refractivity contribution in [2.75, 3.05) is 0 Å². The topological polar surface area (TPSA) is 38.3 Å². The molecular formula is C22H17F2NO2. The van der Waals surface area contributed by atoms with E-state index in [1.54, 1.807) is 0 Å². The number of benzene rings is 3. The van der Waals surface area contributed by atoms with Gasteiger partial charge in [-0.1, -0.05) is 36.4 Å². The van der Waals surface area contributed by atoms with Gasteiger partial charge in [-0.25, -0.2) is 8.78 Å². The highest BCUT2D eigenvalue weighted by atomic mass is 19.1. The van der Waals surface area contributed by atoms with E-state index in [9.17, 15) is 13.6 Å². The number of hydrogen-bond acceptors (Lipinski definition) is 2. The first-order chi connectivity index (χ1) is 13.1. The minimum Gasteiger partial charge on any atom is -0.457 e. The number of nitrogens with one attached hydrogen (secondary N) is 1. The predicted octanol–water partition coefficient (Wildman–Crippen LogP) is 4.91. The van der Waals surface area contributed by atoms with E-state index in [2.05, 4.69) is 5.32 Å². The smallest absolute Gasteiger partial charge is 0.221 e. The van der Waals surface area contributed by atoms with Crippen LogP contribution in [0.4, 0.5) is 8.78 Å². The zero-order valence-electron chi connectivity index (χ0n) is 14.4. The van der Waals surface area contributed by atoms with Crippen molar-refractivity contribution in [1.29, 1.82) is 0 Å². The fraction of sp³-hybridized carbons (Fsp3) is 0.136. The molecule has 3 aromatic carbocycles. The van der Waals surface area contributed by atoms with Crippen LogP contribution in [0.5, 0.6) is 11.5 Å². The molecule has 0 fully saturated rings. The van der Waals surface area contributed by atoms with Crippen molar-refractivity contribution in [1.82, 2.24) is 5.32 Å². The summed E-state index contributed by atoms with van der Waals surface area (Å²) in [5, 5.41) is 3.00. The summed E-state index contributed by atoms with van der Waals surface area (Å²) in [6, 6.07) is 18.0. The monoisotopic (exact) mass is 365 g/mol. The molecule has 0 bridgehead atoms. The highest BCUT2D eigenvalue weighted by molar-refractivity contribution is 5.78. The molecule has 5 heteroatoms. The van der Waals surface area contributed by atoms with Crippen LogP contribution in [-0.2, 0) is 11.2 Å². The average Bonchev–Trinajstić information content (AvgIpc) is 2.68. The molecule has 1 aliphatic heterocycles. The molecule has 1 heterocycles. The Labute approximate surface area is 155 Å². The molecule has 0 saturated carbocycles.